The van der Waals surface area contributed by atoms with E-state index >= 15 is 0 Å². The molecule has 0 radical (unpaired) electrons. The third-order valence-electron chi connectivity index (χ3n) is 4.20. The topological polar surface area (TPSA) is 63.8 Å². The lowest BCUT2D eigenvalue weighted by Gasteiger charge is -2.12. The Morgan fingerprint density at radius 3 is 2.59 bits per heavy atom. The van der Waals surface area contributed by atoms with Crippen molar-refractivity contribution in [2.75, 3.05) is 5.32 Å². The third kappa shape index (κ3) is 3.48. The van der Waals surface area contributed by atoms with Gasteiger partial charge in [-0.15, -0.1) is 0 Å². The summed E-state index contributed by atoms with van der Waals surface area (Å²) >= 11 is 0. The van der Waals surface area contributed by atoms with E-state index in [1.807, 2.05) is 31.2 Å². The van der Waals surface area contributed by atoms with Crippen LogP contribution >= 0.6 is 0 Å². The van der Waals surface area contributed by atoms with Gasteiger partial charge >= 0.3 is 0 Å². The Hall–Kier alpha value is -3.35. The van der Waals surface area contributed by atoms with Crippen LogP contribution < -0.4 is 5.32 Å². The highest BCUT2D eigenvalue weighted by Gasteiger charge is 2.15. The molecular formula is C20H16F2N4O. The van der Waals surface area contributed by atoms with Gasteiger partial charge in [0.1, 0.15) is 17.5 Å². The number of anilines is 1. The summed E-state index contributed by atoms with van der Waals surface area (Å²) in [6.45, 7) is 3.84. The Bertz CT molecular complexity index is 1140. The van der Waals surface area contributed by atoms with Crippen LogP contribution in [-0.2, 0) is 6.54 Å². The minimum Gasteiger partial charge on any atom is -0.365 e. The lowest BCUT2D eigenvalue weighted by atomic mass is 10.1. The first-order valence-corrected chi connectivity index (χ1v) is 8.39. The summed E-state index contributed by atoms with van der Waals surface area (Å²) in [6.07, 6.45) is 0. The number of aryl methyl sites for hydroxylation is 2. The molecule has 0 amide bonds. The first-order valence-electron chi connectivity index (χ1n) is 8.39. The Kier molecular flexibility index (Phi) is 4.27. The minimum absolute atomic E-state index is 0.139. The third-order valence-corrected chi connectivity index (χ3v) is 4.20. The number of hydrogen-bond donors (Lipinski definition) is 1. The minimum atomic E-state index is -0.615. The average molecular weight is 366 g/mol. The average Bonchev–Trinajstić information content (AvgIpc) is 3.06. The van der Waals surface area contributed by atoms with Gasteiger partial charge in [-0.1, -0.05) is 22.9 Å². The molecule has 0 aliphatic rings. The van der Waals surface area contributed by atoms with E-state index in [0.29, 0.717) is 28.7 Å². The first kappa shape index (κ1) is 17.1. The molecule has 0 atom stereocenters. The molecule has 0 bridgehead atoms. The van der Waals surface area contributed by atoms with Crippen molar-refractivity contribution in [2.45, 2.75) is 20.4 Å². The Balaban J connectivity index is 1.76. The molecule has 5 nitrogen and oxygen atoms in total. The van der Waals surface area contributed by atoms with Crippen LogP contribution in [0.25, 0.3) is 22.3 Å². The standard InChI is InChI=1S/C20H16F2N4O/c1-11-3-6-18-14(7-11)8-16(20-24-12(2)27-26-20)19(25-18)23-10-13-4-5-15(21)9-17(13)22/h3-9H,10H2,1-2H3,(H,23,25). The number of pyridine rings is 1. The summed E-state index contributed by atoms with van der Waals surface area (Å²) in [7, 11) is 0. The summed E-state index contributed by atoms with van der Waals surface area (Å²) in [5, 5.41) is 8.02. The molecule has 4 aromatic rings. The van der Waals surface area contributed by atoms with Crippen LogP contribution in [0.3, 0.4) is 0 Å². The lowest BCUT2D eigenvalue weighted by molar-refractivity contribution is 0.394. The monoisotopic (exact) mass is 366 g/mol. The summed E-state index contributed by atoms with van der Waals surface area (Å²) in [5.41, 5.74) is 2.87. The summed E-state index contributed by atoms with van der Waals surface area (Å²) in [5.74, 6) is 0.0977. The van der Waals surface area contributed by atoms with Crippen molar-refractivity contribution < 1.29 is 13.3 Å². The highest BCUT2D eigenvalue weighted by Crippen LogP contribution is 2.29. The van der Waals surface area contributed by atoms with Gasteiger partial charge in [-0.25, -0.2) is 13.8 Å². The van der Waals surface area contributed by atoms with Crippen LogP contribution in [0.5, 0.6) is 0 Å². The van der Waals surface area contributed by atoms with E-state index in [1.165, 1.54) is 12.1 Å². The quantitative estimate of drug-likeness (QED) is 0.562. The predicted octanol–water partition coefficient (Wildman–Crippen LogP) is 4.79. The van der Waals surface area contributed by atoms with Crippen LogP contribution in [0.2, 0.25) is 0 Å². The second-order valence-corrected chi connectivity index (χ2v) is 6.31. The Labute approximate surface area is 154 Å². The largest absolute Gasteiger partial charge is 0.365 e. The Morgan fingerprint density at radius 1 is 1.00 bits per heavy atom. The van der Waals surface area contributed by atoms with Gasteiger partial charge in [0.15, 0.2) is 0 Å². The summed E-state index contributed by atoms with van der Waals surface area (Å²) in [6, 6.07) is 11.3. The van der Waals surface area contributed by atoms with Gasteiger partial charge in [0.2, 0.25) is 11.7 Å². The van der Waals surface area contributed by atoms with Gasteiger partial charge in [-0.05, 0) is 31.2 Å². The second-order valence-electron chi connectivity index (χ2n) is 6.31. The van der Waals surface area contributed by atoms with Crippen molar-refractivity contribution in [3.05, 3.63) is 71.1 Å². The number of benzene rings is 2. The molecule has 1 N–H and O–H groups in total. The van der Waals surface area contributed by atoms with Gasteiger partial charge in [-0.2, -0.15) is 4.98 Å². The maximum atomic E-state index is 13.9. The molecule has 2 heterocycles. The molecule has 27 heavy (non-hydrogen) atoms. The van der Waals surface area contributed by atoms with E-state index in [4.69, 9.17) is 4.52 Å². The fraction of sp³-hybridized carbons (Fsp3) is 0.150. The first-order chi connectivity index (χ1) is 13.0. The van der Waals surface area contributed by atoms with E-state index in [1.54, 1.807) is 6.92 Å². The Morgan fingerprint density at radius 2 is 1.85 bits per heavy atom. The van der Waals surface area contributed by atoms with Crippen LogP contribution in [0.4, 0.5) is 14.6 Å². The van der Waals surface area contributed by atoms with E-state index in [9.17, 15) is 8.78 Å². The molecule has 136 valence electrons. The van der Waals surface area contributed by atoms with E-state index in [-0.39, 0.29) is 6.54 Å². The second kappa shape index (κ2) is 6.75. The molecule has 0 aliphatic heterocycles. The van der Waals surface area contributed by atoms with E-state index < -0.39 is 11.6 Å². The van der Waals surface area contributed by atoms with Crippen molar-refractivity contribution in [1.82, 2.24) is 15.1 Å². The maximum absolute atomic E-state index is 13.9. The van der Waals surface area contributed by atoms with E-state index in [0.717, 1.165) is 22.5 Å². The zero-order valence-electron chi connectivity index (χ0n) is 14.8. The zero-order chi connectivity index (χ0) is 19.0. The highest BCUT2D eigenvalue weighted by atomic mass is 19.1. The smallest absolute Gasteiger partial charge is 0.223 e. The van der Waals surface area contributed by atoms with Gasteiger partial charge < -0.3 is 9.84 Å². The zero-order valence-corrected chi connectivity index (χ0v) is 14.8. The number of aromatic nitrogens is 3. The predicted molar refractivity (Wildman–Crippen MR) is 98.2 cm³/mol. The number of nitrogens with one attached hydrogen (secondary N) is 1. The van der Waals surface area contributed by atoms with Crippen molar-refractivity contribution in [3.8, 4) is 11.4 Å². The van der Waals surface area contributed by atoms with E-state index in [2.05, 4.69) is 20.4 Å². The van der Waals surface area contributed by atoms with Crippen LogP contribution in [0.15, 0.2) is 47.0 Å². The van der Waals surface area contributed by atoms with Crippen LogP contribution in [0.1, 0.15) is 17.0 Å². The number of nitrogens with zero attached hydrogens (tertiary/aromatic N) is 3. The molecule has 0 spiro atoms. The molecule has 0 saturated carbocycles. The van der Waals surface area contributed by atoms with Crippen molar-refractivity contribution >= 4 is 16.7 Å². The van der Waals surface area contributed by atoms with Gasteiger partial charge in [-0.3, -0.25) is 0 Å². The van der Waals surface area contributed by atoms with Gasteiger partial charge in [0, 0.05) is 30.5 Å². The number of hydrogen-bond acceptors (Lipinski definition) is 5. The molecule has 0 fully saturated rings. The number of rotatable bonds is 4. The molecule has 0 aliphatic carbocycles. The SMILES string of the molecule is Cc1ccc2nc(NCc3ccc(F)cc3F)c(-c3noc(C)n3)cc2c1. The normalized spacial score (nSPS) is 11.1. The van der Waals surface area contributed by atoms with Crippen molar-refractivity contribution in [3.63, 3.8) is 0 Å². The lowest BCUT2D eigenvalue weighted by Crippen LogP contribution is -2.06. The number of halogens is 2. The van der Waals surface area contributed by atoms with Gasteiger partial charge in [0.25, 0.3) is 0 Å². The number of fused-ring (bicyclic) bond motifs is 1. The fourth-order valence-electron chi connectivity index (χ4n) is 2.85. The molecular weight excluding hydrogens is 350 g/mol. The molecule has 0 unspecified atom stereocenters. The van der Waals surface area contributed by atoms with Crippen molar-refractivity contribution in [1.29, 1.82) is 0 Å². The van der Waals surface area contributed by atoms with Crippen LogP contribution in [0, 0.1) is 25.5 Å². The summed E-state index contributed by atoms with van der Waals surface area (Å²) < 4.78 is 32.1. The molecule has 0 saturated heterocycles. The fourth-order valence-corrected chi connectivity index (χ4v) is 2.85. The molecule has 2 aromatic heterocycles. The maximum Gasteiger partial charge on any atom is 0.223 e. The highest BCUT2D eigenvalue weighted by molar-refractivity contribution is 5.88. The van der Waals surface area contributed by atoms with Gasteiger partial charge in [0.05, 0.1) is 11.1 Å². The van der Waals surface area contributed by atoms with Crippen molar-refractivity contribution in [2.24, 2.45) is 0 Å². The molecule has 2 aromatic carbocycles. The molecule has 7 heteroatoms. The molecule has 4 rings (SSSR count). The van der Waals surface area contributed by atoms with Crippen LogP contribution in [-0.4, -0.2) is 15.1 Å². The summed E-state index contributed by atoms with van der Waals surface area (Å²) in [4.78, 5) is 8.91.